The number of halogens is 2. The van der Waals surface area contributed by atoms with E-state index in [1.165, 1.54) is 7.11 Å². The number of hydrogen-bond donors (Lipinski definition) is 1. The van der Waals surface area contributed by atoms with E-state index in [0.29, 0.717) is 32.6 Å². The number of anilines is 1. The van der Waals surface area contributed by atoms with Crippen molar-refractivity contribution < 1.29 is 14.3 Å². The Labute approximate surface area is 132 Å². The molecule has 0 saturated carbocycles. The molecule has 4 nitrogen and oxygen atoms in total. The molecule has 0 aliphatic rings. The highest BCUT2D eigenvalue weighted by molar-refractivity contribution is 6.33. The van der Waals surface area contributed by atoms with Gasteiger partial charge in [-0.25, -0.2) is 4.79 Å². The third-order valence-electron chi connectivity index (χ3n) is 2.80. The maximum Gasteiger partial charge on any atom is 0.341 e. The van der Waals surface area contributed by atoms with Crippen molar-refractivity contribution in [3.05, 3.63) is 57.6 Å². The van der Waals surface area contributed by atoms with Gasteiger partial charge in [-0.2, -0.15) is 0 Å². The van der Waals surface area contributed by atoms with Gasteiger partial charge >= 0.3 is 5.97 Å². The van der Waals surface area contributed by atoms with Gasteiger partial charge in [-0.15, -0.1) is 0 Å². The van der Waals surface area contributed by atoms with Gasteiger partial charge in [-0.3, -0.25) is 0 Å². The Hall–Kier alpha value is -1.91. The SMILES string of the molecule is COC(=O)c1ccc(N)cc1OCc1cc(Cl)ccc1Cl. The number of hydrogen-bond acceptors (Lipinski definition) is 4. The number of benzene rings is 2. The van der Waals surface area contributed by atoms with Crippen LogP contribution in [-0.2, 0) is 11.3 Å². The molecule has 0 aliphatic heterocycles. The highest BCUT2D eigenvalue weighted by Crippen LogP contribution is 2.26. The number of esters is 1. The van der Waals surface area contributed by atoms with Gasteiger partial charge in [0.2, 0.25) is 0 Å². The van der Waals surface area contributed by atoms with Gasteiger partial charge < -0.3 is 15.2 Å². The molecule has 6 heteroatoms. The monoisotopic (exact) mass is 325 g/mol. The van der Waals surface area contributed by atoms with E-state index >= 15 is 0 Å². The largest absolute Gasteiger partial charge is 0.488 e. The van der Waals surface area contributed by atoms with Crippen molar-refractivity contribution in [2.75, 3.05) is 12.8 Å². The van der Waals surface area contributed by atoms with Crippen molar-refractivity contribution in [1.29, 1.82) is 0 Å². The molecule has 2 N–H and O–H groups in total. The van der Waals surface area contributed by atoms with E-state index in [9.17, 15) is 4.79 Å². The molecule has 110 valence electrons. The van der Waals surface area contributed by atoms with Gasteiger partial charge in [0.25, 0.3) is 0 Å². The first kappa shape index (κ1) is 15.5. The highest BCUT2D eigenvalue weighted by Gasteiger charge is 2.14. The summed E-state index contributed by atoms with van der Waals surface area (Å²) in [5.41, 5.74) is 7.20. The van der Waals surface area contributed by atoms with E-state index in [2.05, 4.69) is 0 Å². The maximum absolute atomic E-state index is 11.7. The maximum atomic E-state index is 11.7. The third-order valence-corrected chi connectivity index (χ3v) is 3.41. The quantitative estimate of drug-likeness (QED) is 0.683. The van der Waals surface area contributed by atoms with Crippen LogP contribution in [0.25, 0.3) is 0 Å². The Morgan fingerprint density at radius 1 is 1.19 bits per heavy atom. The zero-order valence-electron chi connectivity index (χ0n) is 11.2. The molecule has 2 aromatic rings. The van der Waals surface area contributed by atoms with Crippen LogP contribution in [0.4, 0.5) is 5.69 Å². The summed E-state index contributed by atoms with van der Waals surface area (Å²) in [7, 11) is 1.30. The molecular formula is C15H13Cl2NO3. The van der Waals surface area contributed by atoms with Crippen LogP contribution < -0.4 is 10.5 Å². The lowest BCUT2D eigenvalue weighted by atomic mass is 10.2. The van der Waals surface area contributed by atoms with Crippen LogP contribution in [0.2, 0.25) is 10.0 Å². The summed E-state index contributed by atoms with van der Waals surface area (Å²) in [6.07, 6.45) is 0. The second kappa shape index (κ2) is 6.70. The summed E-state index contributed by atoms with van der Waals surface area (Å²) in [6.45, 7) is 0.160. The summed E-state index contributed by atoms with van der Waals surface area (Å²) in [4.78, 5) is 11.7. The second-order valence-corrected chi connectivity index (χ2v) is 5.12. The minimum absolute atomic E-state index is 0.160. The third kappa shape index (κ3) is 3.80. The predicted octanol–water partition coefficient (Wildman–Crippen LogP) is 3.94. The average Bonchev–Trinajstić information content (AvgIpc) is 2.47. The lowest BCUT2D eigenvalue weighted by Gasteiger charge is -2.12. The number of methoxy groups -OCH3 is 1. The first-order valence-electron chi connectivity index (χ1n) is 6.06. The number of ether oxygens (including phenoxy) is 2. The summed E-state index contributed by atoms with van der Waals surface area (Å²) in [6, 6.07) is 9.79. The molecule has 2 rings (SSSR count). The minimum Gasteiger partial charge on any atom is -0.488 e. The van der Waals surface area contributed by atoms with Crippen molar-refractivity contribution in [3.63, 3.8) is 0 Å². The smallest absolute Gasteiger partial charge is 0.341 e. The van der Waals surface area contributed by atoms with Gasteiger partial charge in [0, 0.05) is 27.4 Å². The molecule has 0 spiro atoms. The number of rotatable bonds is 4. The molecule has 0 saturated heterocycles. The fourth-order valence-electron chi connectivity index (χ4n) is 1.75. The molecule has 0 radical (unpaired) electrons. The molecule has 21 heavy (non-hydrogen) atoms. The number of nitrogen functional groups attached to an aromatic ring is 1. The van der Waals surface area contributed by atoms with E-state index < -0.39 is 5.97 Å². The molecular weight excluding hydrogens is 313 g/mol. The Bertz CT molecular complexity index is 674. The Balaban J connectivity index is 2.25. The lowest BCUT2D eigenvalue weighted by molar-refractivity contribution is 0.0595. The number of nitrogens with two attached hydrogens (primary N) is 1. The van der Waals surface area contributed by atoms with Crippen LogP contribution in [0.15, 0.2) is 36.4 Å². The van der Waals surface area contributed by atoms with E-state index in [-0.39, 0.29) is 6.61 Å². The first-order chi connectivity index (χ1) is 10.0. The zero-order valence-corrected chi connectivity index (χ0v) is 12.7. The Morgan fingerprint density at radius 2 is 1.95 bits per heavy atom. The summed E-state index contributed by atoms with van der Waals surface area (Å²) in [5.74, 6) is -0.167. The van der Waals surface area contributed by atoms with Crippen LogP contribution in [0.3, 0.4) is 0 Å². The Morgan fingerprint density at radius 3 is 2.67 bits per heavy atom. The Kier molecular flexibility index (Phi) is 4.94. The molecule has 0 amide bonds. The van der Waals surface area contributed by atoms with E-state index in [1.807, 2.05) is 0 Å². The summed E-state index contributed by atoms with van der Waals surface area (Å²) in [5, 5.41) is 1.08. The second-order valence-electron chi connectivity index (χ2n) is 4.27. The van der Waals surface area contributed by atoms with Crippen LogP contribution >= 0.6 is 23.2 Å². The van der Waals surface area contributed by atoms with Gasteiger partial charge in [0.05, 0.1) is 7.11 Å². The number of carbonyl (C=O) groups excluding carboxylic acids is 1. The average molecular weight is 326 g/mol. The summed E-state index contributed by atoms with van der Waals surface area (Å²) >= 11 is 12.0. The lowest BCUT2D eigenvalue weighted by Crippen LogP contribution is -2.06. The number of carbonyl (C=O) groups is 1. The van der Waals surface area contributed by atoms with Crippen molar-refractivity contribution in [2.45, 2.75) is 6.61 Å². The van der Waals surface area contributed by atoms with Crippen molar-refractivity contribution in [3.8, 4) is 5.75 Å². The molecule has 0 aliphatic carbocycles. The molecule has 2 aromatic carbocycles. The van der Waals surface area contributed by atoms with Crippen molar-refractivity contribution in [1.82, 2.24) is 0 Å². The predicted molar refractivity (Wildman–Crippen MR) is 83.0 cm³/mol. The minimum atomic E-state index is -0.498. The molecule has 0 atom stereocenters. The molecule has 0 aromatic heterocycles. The van der Waals surface area contributed by atoms with Crippen LogP contribution in [0.1, 0.15) is 15.9 Å². The van der Waals surface area contributed by atoms with E-state index in [4.69, 9.17) is 38.4 Å². The fraction of sp³-hybridized carbons (Fsp3) is 0.133. The van der Waals surface area contributed by atoms with Gasteiger partial charge in [0.15, 0.2) is 0 Å². The molecule has 0 unspecified atom stereocenters. The van der Waals surface area contributed by atoms with Crippen LogP contribution in [-0.4, -0.2) is 13.1 Å². The van der Waals surface area contributed by atoms with Gasteiger partial charge in [-0.1, -0.05) is 23.2 Å². The zero-order chi connectivity index (χ0) is 15.4. The summed E-state index contributed by atoms with van der Waals surface area (Å²) < 4.78 is 10.3. The fourth-order valence-corrected chi connectivity index (χ4v) is 2.11. The molecule has 0 bridgehead atoms. The van der Waals surface area contributed by atoms with Gasteiger partial charge in [-0.05, 0) is 30.3 Å². The van der Waals surface area contributed by atoms with Crippen LogP contribution in [0, 0.1) is 0 Å². The normalized spacial score (nSPS) is 10.2. The first-order valence-corrected chi connectivity index (χ1v) is 6.81. The van der Waals surface area contributed by atoms with Gasteiger partial charge in [0.1, 0.15) is 17.9 Å². The van der Waals surface area contributed by atoms with E-state index in [1.54, 1.807) is 36.4 Å². The van der Waals surface area contributed by atoms with Crippen LogP contribution in [0.5, 0.6) is 5.75 Å². The van der Waals surface area contributed by atoms with E-state index in [0.717, 1.165) is 0 Å². The molecule has 0 heterocycles. The standard InChI is InChI=1S/C15H13Cl2NO3/c1-20-15(19)12-4-3-11(18)7-14(12)21-8-9-6-10(16)2-5-13(9)17/h2-7H,8,18H2,1H3. The van der Waals surface area contributed by atoms with Crippen molar-refractivity contribution in [2.24, 2.45) is 0 Å². The highest BCUT2D eigenvalue weighted by atomic mass is 35.5. The molecule has 0 fully saturated rings. The topological polar surface area (TPSA) is 61.5 Å². The van der Waals surface area contributed by atoms with Crippen molar-refractivity contribution >= 4 is 34.9 Å².